The molecule has 0 saturated carbocycles. The fourth-order valence-electron chi connectivity index (χ4n) is 1.01. The molecule has 6 N–H and O–H groups in total. The zero-order valence-electron chi connectivity index (χ0n) is 10.4. The van der Waals surface area contributed by atoms with Gasteiger partial charge in [-0.05, 0) is 0 Å². The number of nitrogens with two attached hydrogens (primary N) is 1. The number of carboxylic acid groups (broad SMARTS) is 4. The average Bonchev–Trinajstić information content (AvgIpc) is 2.28. The molecule has 1 atom stereocenters. The number of nitrogens with zero attached hydrogens (tertiary/aromatic N) is 1. The lowest BCUT2D eigenvalue weighted by atomic mass is 10.2. The van der Waals surface area contributed by atoms with Crippen molar-refractivity contribution in [2.45, 2.75) is 6.04 Å². The standard InChI is InChI=1S/C8H11NO6.C2H5NO2/c1-2-5(8(14)15)9(3-6(10)11)4-7(12)13;3-1-2(4)5/h2,5H,1,3-4H2,(H,10,11)(H,12,13)(H,14,15);1,3H2,(H,4,5). The van der Waals surface area contributed by atoms with Crippen LogP contribution >= 0.6 is 0 Å². The van der Waals surface area contributed by atoms with E-state index in [1.165, 1.54) is 0 Å². The van der Waals surface area contributed by atoms with Crippen LogP contribution in [-0.4, -0.2) is 74.9 Å². The third-order valence-corrected chi connectivity index (χ3v) is 1.72. The van der Waals surface area contributed by atoms with Crippen molar-refractivity contribution in [3.8, 4) is 0 Å². The summed E-state index contributed by atoms with van der Waals surface area (Å²) in [6.45, 7) is 1.59. The van der Waals surface area contributed by atoms with Gasteiger partial charge in [-0.15, -0.1) is 6.58 Å². The molecule has 0 saturated heterocycles. The summed E-state index contributed by atoms with van der Waals surface area (Å²) in [4.78, 5) is 41.4. The highest BCUT2D eigenvalue weighted by atomic mass is 16.4. The van der Waals surface area contributed by atoms with Gasteiger partial charge in [-0.1, -0.05) is 6.08 Å². The fraction of sp³-hybridized carbons (Fsp3) is 0.400. The lowest BCUT2D eigenvalue weighted by Crippen LogP contribution is -2.45. The molecule has 0 amide bonds. The molecule has 0 spiro atoms. The number of aliphatic carboxylic acids is 4. The van der Waals surface area contributed by atoms with Crippen LogP contribution in [0.25, 0.3) is 0 Å². The SMILES string of the molecule is C=CC(C(=O)O)N(CC(=O)O)CC(=O)O.NCC(=O)O. The molecule has 10 nitrogen and oxygen atoms in total. The van der Waals surface area contributed by atoms with Crippen LogP contribution in [0.4, 0.5) is 0 Å². The quantitative estimate of drug-likeness (QED) is 0.318. The Morgan fingerprint density at radius 2 is 1.35 bits per heavy atom. The average molecular weight is 292 g/mol. The van der Waals surface area contributed by atoms with Gasteiger partial charge >= 0.3 is 23.9 Å². The molecule has 10 heteroatoms. The minimum atomic E-state index is -1.34. The summed E-state index contributed by atoms with van der Waals surface area (Å²) in [5, 5.41) is 33.2. The van der Waals surface area contributed by atoms with E-state index in [-0.39, 0.29) is 6.54 Å². The second-order valence-corrected chi connectivity index (χ2v) is 3.31. The van der Waals surface area contributed by atoms with Crippen molar-refractivity contribution in [1.82, 2.24) is 4.90 Å². The minimum absolute atomic E-state index is 0.278. The van der Waals surface area contributed by atoms with Crippen molar-refractivity contribution in [2.75, 3.05) is 19.6 Å². The van der Waals surface area contributed by atoms with Crippen LogP contribution in [-0.2, 0) is 19.2 Å². The number of hydrogen-bond donors (Lipinski definition) is 5. The van der Waals surface area contributed by atoms with Gasteiger partial charge in [-0.25, -0.2) is 0 Å². The molecule has 0 heterocycles. The fourth-order valence-corrected chi connectivity index (χ4v) is 1.01. The van der Waals surface area contributed by atoms with Crippen molar-refractivity contribution in [3.63, 3.8) is 0 Å². The maximum absolute atomic E-state index is 10.6. The van der Waals surface area contributed by atoms with Gasteiger partial charge in [0, 0.05) is 0 Å². The summed E-state index contributed by atoms with van der Waals surface area (Å²) in [6.07, 6.45) is 0.980. The van der Waals surface area contributed by atoms with Crippen LogP contribution in [0.1, 0.15) is 0 Å². The smallest absolute Gasteiger partial charge is 0.324 e. The molecule has 0 fully saturated rings. The van der Waals surface area contributed by atoms with Gasteiger partial charge in [-0.3, -0.25) is 24.1 Å². The van der Waals surface area contributed by atoms with Gasteiger partial charge in [0.15, 0.2) is 0 Å². The van der Waals surface area contributed by atoms with E-state index >= 15 is 0 Å². The molecule has 1 unspecified atom stereocenters. The first-order valence-corrected chi connectivity index (χ1v) is 5.10. The Kier molecular flexibility index (Phi) is 10.4. The van der Waals surface area contributed by atoms with Crippen LogP contribution in [0, 0.1) is 0 Å². The largest absolute Gasteiger partial charge is 0.480 e. The lowest BCUT2D eigenvalue weighted by molar-refractivity contribution is -0.147. The highest BCUT2D eigenvalue weighted by Gasteiger charge is 2.26. The molecule has 0 aromatic heterocycles. The van der Waals surface area contributed by atoms with E-state index in [4.69, 9.17) is 20.4 Å². The highest BCUT2D eigenvalue weighted by molar-refractivity contribution is 5.79. The number of rotatable bonds is 8. The Bertz CT molecular complexity index is 365. The van der Waals surface area contributed by atoms with Crippen molar-refractivity contribution in [1.29, 1.82) is 0 Å². The van der Waals surface area contributed by atoms with Crippen LogP contribution in [0.5, 0.6) is 0 Å². The van der Waals surface area contributed by atoms with Gasteiger partial charge in [0.05, 0.1) is 19.6 Å². The van der Waals surface area contributed by atoms with E-state index in [0.29, 0.717) is 0 Å². The summed E-state index contributed by atoms with van der Waals surface area (Å²) in [5.41, 5.74) is 4.57. The highest BCUT2D eigenvalue weighted by Crippen LogP contribution is 2.01. The zero-order chi connectivity index (χ0) is 16.3. The van der Waals surface area contributed by atoms with E-state index in [9.17, 15) is 19.2 Å². The first-order valence-electron chi connectivity index (χ1n) is 5.10. The second kappa shape index (κ2) is 10.5. The van der Waals surface area contributed by atoms with E-state index in [0.717, 1.165) is 11.0 Å². The molecular formula is C10H16N2O8. The van der Waals surface area contributed by atoms with Crippen LogP contribution < -0.4 is 5.73 Å². The third-order valence-electron chi connectivity index (χ3n) is 1.72. The summed E-state index contributed by atoms with van der Waals surface area (Å²) in [7, 11) is 0. The first kappa shape index (κ1) is 19.9. The van der Waals surface area contributed by atoms with Crippen molar-refractivity contribution in [2.24, 2.45) is 5.73 Å². The van der Waals surface area contributed by atoms with E-state index in [1.54, 1.807) is 0 Å². The maximum atomic E-state index is 10.6. The Balaban J connectivity index is 0. The topological polar surface area (TPSA) is 178 Å². The van der Waals surface area contributed by atoms with Crippen LogP contribution in [0.15, 0.2) is 12.7 Å². The predicted octanol–water partition coefficient (Wildman–Crippen LogP) is -1.87. The Morgan fingerprint density at radius 1 is 1.00 bits per heavy atom. The van der Waals surface area contributed by atoms with Crippen molar-refractivity contribution in [3.05, 3.63) is 12.7 Å². The van der Waals surface area contributed by atoms with Crippen molar-refractivity contribution < 1.29 is 39.6 Å². The molecule has 0 aliphatic heterocycles. The Morgan fingerprint density at radius 3 is 1.50 bits per heavy atom. The monoisotopic (exact) mass is 292 g/mol. The molecule has 0 aromatic rings. The third kappa shape index (κ3) is 10.7. The summed E-state index contributed by atoms with van der Waals surface area (Å²) in [5.74, 6) is -4.91. The Labute approximate surface area is 113 Å². The van der Waals surface area contributed by atoms with Gasteiger partial charge in [0.2, 0.25) is 0 Å². The molecule has 0 aromatic carbocycles. The lowest BCUT2D eigenvalue weighted by Gasteiger charge is -2.22. The number of carboxylic acids is 4. The number of carbonyl (C=O) groups is 4. The Hall–Kier alpha value is -2.46. The van der Waals surface area contributed by atoms with Gasteiger partial charge in [0.25, 0.3) is 0 Å². The van der Waals surface area contributed by atoms with Crippen molar-refractivity contribution >= 4 is 23.9 Å². The van der Waals surface area contributed by atoms with Gasteiger partial charge < -0.3 is 26.2 Å². The van der Waals surface area contributed by atoms with Crippen LogP contribution in [0.2, 0.25) is 0 Å². The first-order chi connectivity index (χ1) is 9.15. The molecular weight excluding hydrogens is 276 g/mol. The zero-order valence-corrected chi connectivity index (χ0v) is 10.4. The minimum Gasteiger partial charge on any atom is -0.480 e. The summed E-state index contributed by atoms with van der Waals surface area (Å²) >= 11 is 0. The molecule has 0 aliphatic carbocycles. The van der Waals surface area contributed by atoms with E-state index in [1.807, 2.05) is 0 Å². The van der Waals surface area contributed by atoms with Gasteiger partial charge in [-0.2, -0.15) is 0 Å². The molecule has 0 radical (unpaired) electrons. The van der Waals surface area contributed by atoms with Gasteiger partial charge in [0.1, 0.15) is 6.04 Å². The van der Waals surface area contributed by atoms with E-state index in [2.05, 4.69) is 12.3 Å². The molecule has 20 heavy (non-hydrogen) atoms. The summed E-state index contributed by atoms with van der Waals surface area (Å²) in [6, 6.07) is -1.32. The molecule has 0 rings (SSSR count). The maximum Gasteiger partial charge on any atom is 0.324 e. The summed E-state index contributed by atoms with van der Waals surface area (Å²) < 4.78 is 0. The number of hydrogen-bond acceptors (Lipinski definition) is 6. The molecule has 0 bridgehead atoms. The second-order valence-electron chi connectivity index (χ2n) is 3.31. The molecule has 114 valence electrons. The van der Waals surface area contributed by atoms with E-state index < -0.39 is 43.0 Å². The molecule has 0 aliphatic rings. The van der Waals surface area contributed by atoms with Crippen LogP contribution in [0.3, 0.4) is 0 Å². The predicted molar refractivity (Wildman–Crippen MR) is 65.2 cm³/mol. The normalized spacial score (nSPS) is 10.9.